The van der Waals surface area contributed by atoms with Crippen LogP contribution in [0.25, 0.3) is 0 Å². The molecule has 18 heavy (non-hydrogen) atoms. The zero-order chi connectivity index (χ0) is 13.6. The molecule has 0 radical (unpaired) electrons. The van der Waals surface area contributed by atoms with E-state index in [4.69, 9.17) is 20.6 Å². The number of hydrogen-bond donors (Lipinski definition) is 2. The number of nitrogens with two attached hydrogens (primary N) is 1. The molecule has 0 atom stereocenters. The number of hydrogen-bond acceptors (Lipinski definition) is 3. The monoisotopic (exact) mass is 250 g/mol. The van der Waals surface area contributed by atoms with Crippen molar-refractivity contribution >= 4 is 5.84 Å². The average molecular weight is 250 g/mol. The van der Waals surface area contributed by atoms with Crippen LogP contribution >= 0.6 is 0 Å². The highest BCUT2D eigenvalue weighted by Crippen LogP contribution is 2.20. The molecule has 0 heterocycles. The first-order valence-corrected chi connectivity index (χ1v) is 6.01. The van der Waals surface area contributed by atoms with Gasteiger partial charge in [0.15, 0.2) is 0 Å². The lowest BCUT2D eigenvalue weighted by atomic mass is 9.88. The molecular formula is C14H22N2O2. The zero-order valence-corrected chi connectivity index (χ0v) is 11.3. The first-order chi connectivity index (χ1) is 8.45. The minimum atomic E-state index is -0.292. The van der Waals surface area contributed by atoms with Gasteiger partial charge in [-0.2, -0.15) is 0 Å². The lowest BCUT2D eigenvalue weighted by Crippen LogP contribution is -2.31. The minimum absolute atomic E-state index is 0.204. The van der Waals surface area contributed by atoms with Crippen molar-refractivity contribution in [3.05, 3.63) is 29.8 Å². The lowest BCUT2D eigenvalue weighted by Gasteiger charge is -2.22. The Hall–Kier alpha value is -1.55. The Balaban J connectivity index is 2.31. The molecule has 1 aromatic rings. The Bertz CT molecular complexity index is 385. The van der Waals surface area contributed by atoms with Gasteiger partial charge in [-0.25, -0.2) is 0 Å². The van der Waals surface area contributed by atoms with Gasteiger partial charge >= 0.3 is 0 Å². The van der Waals surface area contributed by atoms with E-state index in [0.29, 0.717) is 13.2 Å². The maximum absolute atomic E-state index is 7.45. The third-order valence-corrected chi connectivity index (χ3v) is 3.03. The molecule has 0 unspecified atom stereocenters. The maximum Gasteiger partial charge on any atom is 0.118 e. The predicted octanol–water partition coefficient (Wildman–Crippen LogP) is 2.56. The third kappa shape index (κ3) is 4.37. The van der Waals surface area contributed by atoms with Gasteiger partial charge in [-0.3, -0.25) is 5.41 Å². The number of methoxy groups -OCH3 is 1. The van der Waals surface area contributed by atoms with Crippen LogP contribution in [0.5, 0.6) is 5.75 Å². The summed E-state index contributed by atoms with van der Waals surface area (Å²) in [6.45, 7) is 5.06. The number of rotatable bonds is 7. The van der Waals surface area contributed by atoms with E-state index >= 15 is 0 Å². The van der Waals surface area contributed by atoms with E-state index < -0.39 is 0 Å². The van der Waals surface area contributed by atoms with Gasteiger partial charge in [0, 0.05) is 12.0 Å². The molecular weight excluding hydrogens is 228 g/mol. The summed E-state index contributed by atoms with van der Waals surface area (Å²) < 4.78 is 10.7. The molecule has 1 rings (SSSR count). The summed E-state index contributed by atoms with van der Waals surface area (Å²) in [6.07, 6.45) is 0.749. The van der Waals surface area contributed by atoms with Gasteiger partial charge in [0.1, 0.15) is 5.75 Å². The largest absolute Gasteiger partial charge is 0.497 e. The highest BCUT2D eigenvalue weighted by atomic mass is 16.5. The summed E-state index contributed by atoms with van der Waals surface area (Å²) >= 11 is 0. The molecule has 0 aliphatic rings. The van der Waals surface area contributed by atoms with E-state index in [9.17, 15) is 0 Å². The molecule has 0 amide bonds. The highest BCUT2D eigenvalue weighted by Gasteiger charge is 2.20. The summed E-state index contributed by atoms with van der Waals surface area (Å²) in [5, 5.41) is 7.45. The first kappa shape index (κ1) is 14.5. The van der Waals surface area contributed by atoms with Crippen molar-refractivity contribution in [3.8, 4) is 5.75 Å². The van der Waals surface area contributed by atoms with Crippen molar-refractivity contribution in [2.24, 2.45) is 11.1 Å². The van der Waals surface area contributed by atoms with E-state index in [1.807, 2.05) is 38.1 Å². The van der Waals surface area contributed by atoms with Crippen molar-refractivity contribution in [1.82, 2.24) is 0 Å². The van der Waals surface area contributed by atoms with Gasteiger partial charge in [-0.15, -0.1) is 0 Å². The number of ether oxygens (including phenoxy) is 2. The molecule has 0 fully saturated rings. The fraction of sp³-hybridized carbons (Fsp3) is 0.500. The number of amidine groups is 1. The van der Waals surface area contributed by atoms with Crippen molar-refractivity contribution in [2.45, 2.75) is 26.9 Å². The van der Waals surface area contributed by atoms with Crippen molar-refractivity contribution in [3.63, 3.8) is 0 Å². The Morgan fingerprint density at radius 2 is 1.89 bits per heavy atom. The quantitative estimate of drug-likeness (QED) is 0.444. The van der Waals surface area contributed by atoms with Crippen LogP contribution in [0.3, 0.4) is 0 Å². The lowest BCUT2D eigenvalue weighted by molar-refractivity contribution is 0.104. The fourth-order valence-corrected chi connectivity index (χ4v) is 1.37. The van der Waals surface area contributed by atoms with Gasteiger partial charge in [0.05, 0.1) is 19.6 Å². The molecule has 100 valence electrons. The standard InChI is InChI=1S/C14H22N2O2/c1-14(2,13(15)16)8-9-18-10-11-4-6-12(17-3)7-5-11/h4-7H,8-10H2,1-3H3,(H3,15,16). The summed E-state index contributed by atoms with van der Waals surface area (Å²) in [6, 6.07) is 7.79. The first-order valence-electron chi connectivity index (χ1n) is 6.01. The summed E-state index contributed by atoms with van der Waals surface area (Å²) in [7, 11) is 1.65. The Morgan fingerprint density at radius 3 is 2.39 bits per heavy atom. The maximum atomic E-state index is 7.45. The fourth-order valence-electron chi connectivity index (χ4n) is 1.37. The van der Waals surface area contributed by atoms with Gasteiger partial charge in [-0.1, -0.05) is 26.0 Å². The van der Waals surface area contributed by atoms with Crippen LogP contribution in [0.2, 0.25) is 0 Å². The molecule has 0 aliphatic heterocycles. The van der Waals surface area contributed by atoms with Crippen LogP contribution in [-0.2, 0) is 11.3 Å². The minimum Gasteiger partial charge on any atom is -0.497 e. The van der Waals surface area contributed by atoms with Gasteiger partial charge in [0.2, 0.25) is 0 Å². The van der Waals surface area contributed by atoms with E-state index in [1.54, 1.807) is 7.11 Å². The van der Waals surface area contributed by atoms with Crippen LogP contribution < -0.4 is 10.5 Å². The van der Waals surface area contributed by atoms with Gasteiger partial charge in [-0.05, 0) is 24.1 Å². The highest BCUT2D eigenvalue weighted by molar-refractivity contribution is 5.82. The molecule has 0 saturated heterocycles. The molecule has 0 spiro atoms. The molecule has 1 aromatic carbocycles. The summed E-state index contributed by atoms with van der Waals surface area (Å²) in [4.78, 5) is 0. The SMILES string of the molecule is COc1ccc(COCCC(C)(C)C(=N)N)cc1. The molecule has 0 aliphatic carbocycles. The molecule has 4 nitrogen and oxygen atoms in total. The second kappa shape index (κ2) is 6.40. The van der Waals surface area contributed by atoms with Crippen molar-refractivity contribution in [1.29, 1.82) is 5.41 Å². The van der Waals surface area contributed by atoms with Crippen LogP contribution in [0, 0.1) is 10.8 Å². The molecule has 0 saturated carbocycles. The van der Waals surface area contributed by atoms with Crippen LogP contribution in [0.1, 0.15) is 25.8 Å². The van der Waals surface area contributed by atoms with Crippen LogP contribution in [-0.4, -0.2) is 19.6 Å². The van der Waals surface area contributed by atoms with E-state index in [0.717, 1.165) is 17.7 Å². The van der Waals surface area contributed by atoms with Crippen molar-refractivity contribution < 1.29 is 9.47 Å². The van der Waals surface area contributed by atoms with E-state index in [-0.39, 0.29) is 11.3 Å². The topological polar surface area (TPSA) is 68.3 Å². The smallest absolute Gasteiger partial charge is 0.118 e. The number of nitrogens with one attached hydrogen (secondary N) is 1. The molecule has 0 aromatic heterocycles. The normalized spacial score (nSPS) is 11.3. The number of benzene rings is 1. The average Bonchev–Trinajstić information content (AvgIpc) is 2.35. The summed E-state index contributed by atoms with van der Waals surface area (Å²) in [5.74, 6) is 1.05. The Kier molecular flexibility index (Phi) is 5.16. The Morgan fingerprint density at radius 1 is 1.28 bits per heavy atom. The second-order valence-corrected chi connectivity index (χ2v) is 4.95. The molecule has 4 heteroatoms. The third-order valence-electron chi connectivity index (χ3n) is 3.03. The predicted molar refractivity (Wildman–Crippen MR) is 73.0 cm³/mol. The van der Waals surface area contributed by atoms with Crippen LogP contribution in [0.15, 0.2) is 24.3 Å². The van der Waals surface area contributed by atoms with Gasteiger partial charge in [0.25, 0.3) is 0 Å². The van der Waals surface area contributed by atoms with Gasteiger partial charge < -0.3 is 15.2 Å². The Labute approximate surface area is 109 Å². The van der Waals surface area contributed by atoms with Crippen molar-refractivity contribution in [2.75, 3.05) is 13.7 Å². The summed E-state index contributed by atoms with van der Waals surface area (Å²) in [5.41, 5.74) is 6.33. The van der Waals surface area contributed by atoms with E-state index in [1.165, 1.54) is 0 Å². The zero-order valence-electron chi connectivity index (χ0n) is 11.3. The van der Waals surface area contributed by atoms with E-state index in [2.05, 4.69) is 0 Å². The molecule has 3 N–H and O–H groups in total. The molecule has 0 bridgehead atoms. The second-order valence-electron chi connectivity index (χ2n) is 4.95. The van der Waals surface area contributed by atoms with Crippen LogP contribution in [0.4, 0.5) is 0 Å².